The first-order chi connectivity index (χ1) is 12.6. The molecule has 0 aliphatic carbocycles. The number of ether oxygens (including phenoxy) is 2. The van der Waals surface area contributed by atoms with Crippen molar-refractivity contribution in [1.29, 1.82) is 0 Å². The van der Waals surface area contributed by atoms with E-state index < -0.39 is 5.60 Å². The van der Waals surface area contributed by atoms with E-state index in [1.165, 1.54) is 0 Å². The summed E-state index contributed by atoms with van der Waals surface area (Å²) >= 11 is 0. The number of carbonyl (C=O) groups excluding carboxylic acids is 1. The van der Waals surface area contributed by atoms with Gasteiger partial charge in [0.2, 0.25) is 0 Å². The molecular weight excluding hydrogens is 328 g/mol. The summed E-state index contributed by atoms with van der Waals surface area (Å²) < 4.78 is 11.6. The minimum atomic E-state index is -0.837. The van der Waals surface area contributed by atoms with Crippen LogP contribution in [0.15, 0.2) is 30.5 Å². The van der Waals surface area contributed by atoms with E-state index in [9.17, 15) is 4.79 Å². The number of anilines is 1. The summed E-state index contributed by atoms with van der Waals surface area (Å²) in [5.41, 5.74) is 0.645. The molecule has 0 fully saturated rings. The predicted octanol–water partition coefficient (Wildman–Crippen LogP) is 4.95. The van der Waals surface area contributed by atoms with E-state index in [1.807, 2.05) is 38.1 Å². The number of nitrogens with zero attached hydrogens (tertiary/aromatic N) is 1. The van der Waals surface area contributed by atoms with Crippen LogP contribution in [0.5, 0.6) is 5.75 Å². The van der Waals surface area contributed by atoms with Crippen molar-refractivity contribution in [3.05, 3.63) is 30.5 Å². The second-order valence-corrected chi connectivity index (χ2v) is 6.58. The number of unbranched alkanes of at least 4 members (excludes halogenated alkanes) is 1. The van der Waals surface area contributed by atoms with Gasteiger partial charge in [-0.1, -0.05) is 26.7 Å². The van der Waals surface area contributed by atoms with Gasteiger partial charge in [0, 0.05) is 18.2 Å². The summed E-state index contributed by atoms with van der Waals surface area (Å²) in [6.45, 7) is 9.08. The smallest absolute Gasteiger partial charge is 0.256 e. The van der Waals surface area contributed by atoms with Crippen LogP contribution in [-0.2, 0) is 9.53 Å². The molecule has 0 spiro atoms. The van der Waals surface area contributed by atoms with Crippen LogP contribution in [0.3, 0.4) is 0 Å². The third-order valence-corrected chi connectivity index (χ3v) is 4.39. The second-order valence-electron chi connectivity index (χ2n) is 6.58. The zero-order valence-corrected chi connectivity index (χ0v) is 16.3. The Morgan fingerprint density at radius 3 is 2.69 bits per heavy atom. The standard InChI is InChI=1S/C21H30N2O3/c1-5-8-13-21(4,26-7-3)20(24)23-17-11-12-18(25-15-6-2)19-16(17)10-9-14-22-19/h9-12,14H,5-8,13,15H2,1-4H3,(H,23,24)/t21-/m1/s1. The molecule has 5 nitrogen and oxygen atoms in total. The Balaban J connectivity index is 2.31. The molecule has 5 heteroatoms. The molecule has 0 aliphatic rings. The molecule has 1 aromatic carbocycles. The van der Waals surface area contributed by atoms with E-state index in [2.05, 4.69) is 24.1 Å². The van der Waals surface area contributed by atoms with Crippen LogP contribution in [0, 0.1) is 0 Å². The molecule has 2 aromatic rings. The van der Waals surface area contributed by atoms with Gasteiger partial charge in [0.05, 0.1) is 12.3 Å². The van der Waals surface area contributed by atoms with Crippen molar-refractivity contribution in [2.75, 3.05) is 18.5 Å². The summed E-state index contributed by atoms with van der Waals surface area (Å²) in [7, 11) is 0. The minimum Gasteiger partial charge on any atom is -0.491 e. The maximum absolute atomic E-state index is 12.9. The molecule has 1 N–H and O–H groups in total. The highest BCUT2D eigenvalue weighted by atomic mass is 16.5. The van der Waals surface area contributed by atoms with Crippen molar-refractivity contribution in [1.82, 2.24) is 4.98 Å². The molecule has 26 heavy (non-hydrogen) atoms. The van der Waals surface area contributed by atoms with Gasteiger partial charge in [0.1, 0.15) is 16.9 Å². The molecule has 1 heterocycles. The summed E-state index contributed by atoms with van der Waals surface area (Å²) in [5, 5.41) is 3.91. The van der Waals surface area contributed by atoms with Gasteiger partial charge in [0.25, 0.3) is 5.91 Å². The van der Waals surface area contributed by atoms with Crippen molar-refractivity contribution in [3.63, 3.8) is 0 Å². The lowest BCUT2D eigenvalue weighted by molar-refractivity contribution is -0.139. The lowest BCUT2D eigenvalue weighted by Crippen LogP contribution is -2.42. The predicted molar refractivity (Wildman–Crippen MR) is 106 cm³/mol. The lowest BCUT2D eigenvalue weighted by atomic mass is 9.97. The monoisotopic (exact) mass is 358 g/mol. The number of carbonyl (C=O) groups is 1. The number of aromatic nitrogens is 1. The van der Waals surface area contributed by atoms with Gasteiger partial charge < -0.3 is 14.8 Å². The molecule has 2 rings (SSSR count). The van der Waals surface area contributed by atoms with Gasteiger partial charge >= 0.3 is 0 Å². The fourth-order valence-corrected chi connectivity index (χ4v) is 2.92. The molecule has 0 saturated heterocycles. The summed E-state index contributed by atoms with van der Waals surface area (Å²) in [5.74, 6) is 0.610. The number of pyridine rings is 1. The highest BCUT2D eigenvalue weighted by Gasteiger charge is 2.33. The number of hydrogen-bond donors (Lipinski definition) is 1. The van der Waals surface area contributed by atoms with E-state index in [-0.39, 0.29) is 5.91 Å². The summed E-state index contributed by atoms with van der Waals surface area (Å²) in [4.78, 5) is 17.4. The fraction of sp³-hybridized carbons (Fsp3) is 0.524. The van der Waals surface area contributed by atoms with Gasteiger partial charge in [-0.25, -0.2) is 0 Å². The third-order valence-electron chi connectivity index (χ3n) is 4.39. The molecular formula is C21H30N2O3. The van der Waals surface area contributed by atoms with E-state index in [0.717, 1.165) is 41.6 Å². The van der Waals surface area contributed by atoms with Crippen LogP contribution in [0.25, 0.3) is 10.9 Å². The second kappa shape index (κ2) is 9.53. The molecule has 1 amide bonds. The minimum absolute atomic E-state index is 0.125. The van der Waals surface area contributed by atoms with E-state index in [0.29, 0.717) is 19.6 Å². The normalized spacial score (nSPS) is 13.4. The Morgan fingerprint density at radius 1 is 1.19 bits per heavy atom. The number of amides is 1. The maximum atomic E-state index is 12.9. The van der Waals surface area contributed by atoms with Crippen molar-refractivity contribution in [2.24, 2.45) is 0 Å². The molecule has 0 radical (unpaired) electrons. The zero-order valence-electron chi connectivity index (χ0n) is 16.3. The van der Waals surface area contributed by atoms with Gasteiger partial charge in [-0.05, 0) is 51.0 Å². The van der Waals surface area contributed by atoms with Crippen LogP contribution in [-0.4, -0.2) is 29.7 Å². The Morgan fingerprint density at radius 2 is 2.00 bits per heavy atom. The molecule has 142 valence electrons. The highest BCUT2D eigenvalue weighted by Crippen LogP contribution is 2.31. The third kappa shape index (κ3) is 4.73. The van der Waals surface area contributed by atoms with Crippen LogP contribution >= 0.6 is 0 Å². The largest absolute Gasteiger partial charge is 0.491 e. The number of hydrogen-bond acceptors (Lipinski definition) is 4. The van der Waals surface area contributed by atoms with Gasteiger partial charge in [0.15, 0.2) is 0 Å². The first-order valence-electron chi connectivity index (χ1n) is 9.51. The Labute approximate surface area is 156 Å². The number of fused-ring (bicyclic) bond motifs is 1. The summed E-state index contributed by atoms with van der Waals surface area (Å²) in [6, 6.07) is 7.55. The molecule has 1 atom stereocenters. The molecule has 0 bridgehead atoms. The Kier molecular flexibility index (Phi) is 7.39. The average molecular weight is 358 g/mol. The van der Waals surface area contributed by atoms with Crippen molar-refractivity contribution in [2.45, 2.75) is 59.0 Å². The molecule has 0 unspecified atom stereocenters. The van der Waals surface area contributed by atoms with Crippen LogP contribution in [0.2, 0.25) is 0 Å². The van der Waals surface area contributed by atoms with Gasteiger partial charge in [-0.3, -0.25) is 9.78 Å². The van der Waals surface area contributed by atoms with Crippen LogP contribution in [0.4, 0.5) is 5.69 Å². The van der Waals surface area contributed by atoms with Gasteiger partial charge in [-0.15, -0.1) is 0 Å². The van der Waals surface area contributed by atoms with Gasteiger partial charge in [-0.2, -0.15) is 0 Å². The summed E-state index contributed by atoms with van der Waals surface area (Å²) in [6.07, 6.45) is 5.31. The molecule has 0 saturated carbocycles. The van der Waals surface area contributed by atoms with Crippen molar-refractivity contribution >= 4 is 22.5 Å². The molecule has 0 aliphatic heterocycles. The number of benzene rings is 1. The fourth-order valence-electron chi connectivity index (χ4n) is 2.92. The first-order valence-corrected chi connectivity index (χ1v) is 9.51. The zero-order chi connectivity index (χ0) is 19.0. The van der Waals surface area contributed by atoms with Crippen molar-refractivity contribution < 1.29 is 14.3 Å². The maximum Gasteiger partial charge on any atom is 0.256 e. The van der Waals surface area contributed by atoms with Crippen LogP contribution < -0.4 is 10.1 Å². The Hall–Kier alpha value is -2.14. The van der Waals surface area contributed by atoms with Crippen LogP contribution in [0.1, 0.15) is 53.4 Å². The SMILES string of the molecule is CCCC[C@@](C)(OCC)C(=O)Nc1ccc(OCCC)c2ncccc12. The van der Waals surface area contributed by atoms with E-state index >= 15 is 0 Å². The topological polar surface area (TPSA) is 60.5 Å². The quantitative estimate of drug-likeness (QED) is 0.653. The number of rotatable bonds is 10. The Bertz CT molecular complexity index is 732. The van der Waals surface area contributed by atoms with E-state index in [4.69, 9.17) is 9.47 Å². The van der Waals surface area contributed by atoms with Crippen molar-refractivity contribution in [3.8, 4) is 5.75 Å². The number of nitrogens with one attached hydrogen (secondary N) is 1. The van der Waals surface area contributed by atoms with E-state index in [1.54, 1.807) is 6.20 Å². The first kappa shape index (κ1) is 20.2. The lowest BCUT2D eigenvalue weighted by Gasteiger charge is -2.28. The molecule has 1 aromatic heterocycles. The average Bonchev–Trinajstić information content (AvgIpc) is 2.66. The highest BCUT2D eigenvalue weighted by molar-refractivity contribution is 6.05.